The molecule has 0 aromatic heterocycles. The van der Waals surface area contributed by atoms with Gasteiger partial charge in [-0.3, -0.25) is 9.59 Å². The summed E-state index contributed by atoms with van der Waals surface area (Å²) in [4.78, 5) is 24.2. The second-order valence-electron chi connectivity index (χ2n) is 8.01. The van der Waals surface area contributed by atoms with E-state index in [1.165, 1.54) is 18.2 Å². The predicted octanol–water partition coefficient (Wildman–Crippen LogP) is 6.91. The maximum atomic E-state index is 12.3. The molecule has 0 radical (unpaired) electrons. The topological polar surface area (TPSA) is 74.6 Å². The van der Waals surface area contributed by atoms with Crippen molar-refractivity contribution in [3.8, 4) is 22.6 Å². The molecule has 5 aromatic carbocycles. The van der Waals surface area contributed by atoms with E-state index in [1.807, 2.05) is 72.8 Å². The van der Waals surface area contributed by atoms with Gasteiger partial charge in [0.25, 0.3) is 0 Å². The van der Waals surface area contributed by atoms with Gasteiger partial charge < -0.3 is 10.2 Å². The lowest BCUT2D eigenvalue weighted by Crippen LogP contribution is -2.01. The van der Waals surface area contributed by atoms with Crippen LogP contribution in [0.15, 0.2) is 133 Å². The molecule has 36 heavy (non-hydrogen) atoms. The molecule has 0 heterocycles. The highest BCUT2D eigenvalue weighted by Crippen LogP contribution is 2.29. The number of phenols is 2. The number of aromatic hydroxyl groups is 2. The first kappa shape index (κ1) is 24.2. The molecule has 176 valence electrons. The van der Waals surface area contributed by atoms with E-state index in [9.17, 15) is 19.8 Å². The maximum Gasteiger partial charge on any atom is 0.196 e. The zero-order valence-corrected chi connectivity index (χ0v) is 19.4. The third kappa shape index (κ3) is 5.75. The molecular formula is C32H24O4. The second-order valence-corrected chi connectivity index (χ2v) is 8.01. The molecule has 2 N–H and O–H groups in total. The molecule has 0 fully saturated rings. The van der Waals surface area contributed by atoms with Gasteiger partial charge in [0.05, 0.1) is 5.56 Å². The number of phenolic OH excluding ortho intramolecular Hbond substituents is 2. The van der Waals surface area contributed by atoms with Gasteiger partial charge in [-0.25, -0.2) is 0 Å². The fourth-order valence-electron chi connectivity index (χ4n) is 3.66. The van der Waals surface area contributed by atoms with E-state index in [0.717, 1.165) is 22.3 Å². The van der Waals surface area contributed by atoms with E-state index in [2.05, 4.69) is 12.1 Å². The summed E-state index contributed by atoms with van der Waals surface area (Å²) < 4.78 is 0. The van der Waals surface area contributed by atoms with Gasteiger partial charge in [-0.15, -0.1) is 0 Å². The van der Waals surface area contributed by atoms with Gasteiger partial charge in [0.1, 0.15) is 0 Å². The van der Waals surface area contributed by atoms with Crippen LogP contribution in [-0.2, 0) is 0 Å². The van der Waals surface area contributed by atoms with Gasteiger partial charge in [0.2, 0.25) is 0 Å². The standard InChI is InChI=1S/C19H14O.C13H10O3/c20-19(17-9-5-2-6-10-17)18-13-11-16(12-14-18)15-7-3-1-4-8-15;14-11-8-4-7-10(13(11)16)12(15)9-5-2-1-3-6-9/h1-14H;1-8,14,16H. The first-order valence-electron chi connectivity index (χ1n) is 11.4. The monoisotopic (exact) mass is 472 g/mol. The van der Waals surface area contributed by atoms with Crippen LogP contribution in [0.3, 0.4) is 0 Å². The molecule has 0 amide bonds. The Balaban J connectivity index is 0.000000174. The van der Waals surface area contributed by atoms with Crippen LogP contribution in [0.5, 0.6) is 11.5 Å². The van der Waals surface area contributed by atoms with E-state index >= 15 is 0 Å². The quantitative estimate of drug-likeness (QED) is 0.215. The van der Waals surface area contributed by atoms with Gasteiger partial charge in [-0.2, -0.15) is 0 Å². The Bertz CT molecular complexity index is 1440. The minimum atomic E-state index is -0.378. The summed E-state index contributed by atoms with van der Waals surface area (Å²) in [6, 6.07) is 40.2. The highest BCUT2D eigenvalue weighted by atomic mass is 16.3. The zero-order chi connectivity index (χ0) is 25.3. The molecule has 4 nitrogen and oxygen atoms in total. The van der Waals surface area contributed by atoms with E-state index < -0.39 is 0 Å². The van der Waals surface area contributed by atoms with Crippen molar-refractivity contribution in [3.05, 3.63) is 156 Å². The predicted molar refractivity (Wildman–Crippen MR) is 141 cm³/mol. The number of ketones is 2. The highest BCUT2D eigenvalue weighted by Gasteiger charge is 2.15. The van der Waals surface area contributed by atoms with Crippen molar-refractivity contribution < 1.29 is 19.8 Å². The lowest BCUT2D eigenvalue weighted by molar-refractivity contribution is 0.102. The largest absolute Gasteiger partial charge is 0.504 e. The number of para-hydroxylation sites is 1. The molecule has 0 aliphatic rings. The second kappa shape index (κ2) is 11.4. The summed E-state index contributed by atoms with van der Waals surface area (Å²) in [5.74, 6) is -0.919. The molecule has 0 atom stereocenters. The first-order valence-corrected chi connectivity index (χ1v) is 11.4. The number of carbonyl (C=O) groups excluding carboxylic acids is 2. The van der Waals surface area contributed by atoms with E-state index in [4.69, 9.17) is 0 Å². The average Bonchev–Trinajstić information content (AvgIpc) is 2.95. The molecule has 0 saturated carbocycles. The number of rotatable bonds is 5. The molecule has 5 aromatic rings. The molecule has 0 saturated heterocycles. The van der Waals surface area contributed by atoms with E-state index in [-0.39, 0.29) is 28.6 Å². The van der Waals surface area contributed by atoms with Crippen LogP contribution >= 0.6 is 0 Å². The molecule has 4 heteroatoms. The molecule has 5 rings (SSSR count). The van der Waals surface area contributed by atoms with Gasteiger partial charge >= 0.3 is 0 Å². The highest BCUT2D eigenvalue weighted by molar-refractivity contribution is 6.11. The molecule has 0 aliphatic heterocycles. The normalized spacial score (nSPS) is 10.1. The molecular weight excluding hydrogens is 448 g/mol. The average molecular weight is 473 g/mol. The van der Waals surface area contributed by atoms with E-state index in [1.54, 1.807) is 30.3 Å². The summed E-state index contributed by atoms with van der Waals surface area (Å²) >= 11 is 0. The minimum Gasteiger partial charge on any atom is -0.504 e. The molecule has 0 spiro atoms. The van der Waals surface area contributed by atoms with Gasteiger partial charge in [0, 0.05) is 16.7 Å². The van der Waals surface area contributed by atoms with Crippen molar-refractivity contribution >= 4 is 11.6 Å². The molecule has 0 unspecified atom stereocenters. The van der Waals surface area contributed by atoms with Gasteiger partial charge in [0.15, 0.2) is 23.1 Å². The van der Waals surface area contributed by atoms with Crippen LogP contribution in [0.2, 0.25) is 0 Å². The smallest absolute Gasteiger partial charge is 0.196 e. The third-order valence-corrected chi connectivity index (χ3v) is 5.59. The summed E-state index contributed by atoms with van der Waals surface area (Å²) in [6.45, 7) is 0. The van der Waals surface area contributed by atoms with Crippen molar-refractivity contribution in [2.45, 2.75) is 0 Å². The Morgan fingerprint density at radius 2 is 0.861 bits per heavy atom. The number of hydrogen-bond donors (Lipinski definition) is 2. The van der Waals surface area contributed by atoms with Gasteiger partial charge in [-0.05, 0) is 23.3 Å². The fraction of sp³-hybridized carbons (Fsp3) is 0. The Morgan fingerprint density at radius 1 is 0.417 bits per heavy atom. The minimum absolute atomic E-state index is 0.0604. The van der Waals surface area contributed by atoms with Crippen LogP contribution in [-0.4, -0.2) is 21.8 Å². The summed E-state index contributed by atoms with van der Waals surface area (Å²) in [5, 5.41) is 18.9. The first-order chi connectivity index (χ1) is 17.5. The fourth-order valence-corrected chi connectivity index (χ4v) is 3.66. The lowest BCUT2D eigenvalue weighted by Gasteiger charge is -2.04. The Kier molecular flexibility index (Phi) is 7.69. The van der Waals surface area contributed by atoms with Crippen LogP contribution < -0.4 is 0 Å². The number of hydrogen-bond acceptors (Lipinski definition) is 4. The third-order valence-electron chi connectivity index (χ3n) is 5.59. The van der Waals surface area contributed by atoms with Crippen molar-refractivity contribution in [3.63, 3.8) is 0 Å². The van der Waals surface area contributed by atoms with Crippen LogP contribution in [0.4, 0.5) is 0 Å². The van der Waals surface area contributed by atoms with Crippen LogP contribution in [0, 0.1) is 0 Å². The van der Waals surface area contributed by atoms with Crippen molar-refractivity contribution in [2.75, 3.05) is 0 Å². The summed E-state index contributed by atoms with van der Waals surface area (Å²) in [5.41, 5.74) is 4.30. The Morgan fingerprint density at radius 3 is 1.42 bits per heavy atom. The Labute approximate surface area is 209 Å². The SMILES string of the molecule is O=C(c1ccccc1)c1ccc(-c2ccccc2)cc1.O=C(c1ccccc1)c1cccc(O)c1O. The van der Waals surface area contributed by atoms with Gasteiger partial charge in [-0.1, -0.05) is 121 Å². The zero-order valence-electron chi connectivity index (χ0n) is 19.4. The number of carbonyl (C=O) groups is 2. The maximum absolute atomic E-state index is 12.3. The van der Waals surface area contributed by atoms with Crippen molar-refractivity contribution in [2.24, 2.45) is 0 Å². The number of benzene rings is 5. The summed E-state index contributed by atoms with van der Waals surface area (Å²) in [6.07, 6.45) is 0. The van der Waals surface area contributed by atoms with E-state index in [0.29, 0.717) is 5.56 Å². The summed E-state index contributed by atoms with van der Waals surface area (Å²) in [7, 11) is 0. The Hall–Kier alpha value is -4.96. The lowest BCUT2D eigenvalue weighted by atomic mass is 9.99. The van der Waals surface area contributed by atoms with Crippen LogP contribution in [0.1, 0.15) is 31.8 Å². The molecule has 0 aliphatic carbocycles. The van der Waals surface area contributed by atoms with Crippen molar-refractivity contribution in [1.29, 1.82) is 0 Å². The molecule has 0 bridgehead atoms. The van der Waals surface area contributed by atoms with Crippen molar-refractivity contribution in [1.82, 2.24) is 0 Å². The van der Waals surface area contributed by atoms with Crippen LogP contribution in [0.25, 0.3) is 11.1 Å².